The molecule has 0 aromatic heterocycles. The topological polar surface area (TPSA) is 30.8 Å². The lowest BCUT2D eigenvalue weighted by molar-refractivity contribution is -0.00955. The van der Waals surface area contributed by atoms with E-state index in [0.29, 0.717) is 6.61 Å². The molecule has 1 aliphatic heterocycles. The van der Waals surface area contributed by atoms with Crippen LogP contribution in [-0.4, -0.2) is 32.6 Å². The van der Waals surface area contributed by atoms with Crippen LogP contribution in [0.5, 0.6) is 0 Å². The molecule has 1 aliphatic rings. The van der Waals surface area contributed by atoms with Gasteiger partial charge >= 0.3 is 0 Å². The van der Waals surface area contributed by atoms with Crippen molar-refractivity contribution in [1.82, 2.24) is 0 Å². The van der Waals surface area contributed by atoms with Crippen LogP contribution in [0.1, 0.15) is 6.42 Å². The SMILES string of the molecule is COCC1(OC)C=NC=CC1. The molecule has 0 aliphatic carbocycles. The number of ether oxygens (including phenoxy) is 2. The smallest absolute Gasteiger partial charge is 0.129 e. The zero-order valence-electron chi connectivity index (χ0n) is 6.91. The van der Waals surface area contributed by atoms with Crippen LogP contribution in [0, 0.1) is 0 Å². The summed E-state index contributed by atoms with van der Waals surface area (Å²) in [6.45, 7) is 0.553. The Morgan fingerprint density at radius 2 is 2.36 bits per heavy atom. The van der Waals surface area contributed by atoms with Crippen molar-refractivity contribution in [2.45, 2.75) is 12.0 Å². The maximum absolute atomic E-state index is 5.29. The summed E-state index contributed by atoms with van der Waals surface area (Å²) in [5.74, 6) is 0. The minimum atomic E-state index is -0.330. The number of nitrogens with zero attached hydrogens (tertiary/aromatic N) is 1. The molecule has 0 saturated carbocycles. The molecular formula is C8H13NO2. The number of methoxy groups -OCH3 is 2. The number of hydrogen-bond donors (Lipinski definition) is 0. The normalized spacial score (nSPS) is 29.3. The maximum Gasteiger partial charge on any atom is 0.129 e. The zero-order chi connectivity index (χ0) is 8.16. The van der Waals surface area contributed by atoms with Crippen molar-refractivity contribution < 1.29 is 9.47 Å². The predicted octanol–water partition coefficient (Wildman–Crippen LogP) is 1.01. The second-order valence-electron chi connectivity index (χ2n) is 2.57. The van der Waals surface area contributed by atoms with Crippen molar-refractivity contribution in [1.29, 1.82) is 0 Å². The molecule has 1 rings (SSSR count). The van der Waals surface area contributed by atoms with E-state index in [2.05, 4.69) is 4.99 Å². The summed E-state index contributed by atoms with van der Waals surface area (Å²) >= 11 is 0. The Morgan fingerprint density at radius 3 is 2.82 bits per heavy atom. The van der Waals surface area contributed by atoms with Gasteiger partial charge in [0.25, 0.3) is 0 Å². The largest absolute Gasteiger partial charge is 0.381 e. The molecule has 3 nitrogen and oxygen atoms in total. The highest BCUT2D eigenvalue weighted by Crippen LogP contribution is 2.17. The van der Waals surface area contributed by atoms with Gasteiger partial charge in [-0.05, 0) is 0 Å². The third kappa shape index (κ3) is 1.88. The highest BCUT2D eigenvalue weighted by Gasteiger charge is 2.27. The van der Waals surface area contributed by atoms with Crippen LogP contribution in [0.4, 0.5) is 0 Å². The molecule has 62 valence electrons. The standard InChI is InChI=1S/C8H13NO2/c1-10-7-8(11-2)4-3-5-9-6-8/h3,5-6H,4,7H2,1-2H3. The Morgan fingerprint density at radius 1 is 1.55 bits per heavy atom. The van der Waals surface area contributed by atoms with Crippen molar-refractivity contribution >= 4 is 6.21 Å². The molecule has 0 aromatic carbocycles. The minimum Gasteiger partial charge on any atom is -0.381 e. The van der Waals surface area contributed by atoms with Crippen molar-refractivity contribution in [2.24, 2.45) is 4.99 Å². The molecule has 3 heteroatoms. The predicted molar refractivity (Wildman–Crippen MR) is 43.9 cm³/mol. The van der Waals surface area contributed by atoms with Crippen LogP contribution < -0.4 is 0 Å². The van der Waals surface area contributed by atoms with E-state index < -0.39 is 0 Å². The Kier molecular flexibility index (Phi) is 2.79. The highest BCUT2D eigenvalue weighted by atomic mass is 16.5. The molecule has 1 unspecified atom stereocenters. The molecule has 0 fully saturated rings. The fourth-order valence-corrected chi connectivity index (χ4v) is 1.08. The molecule has 0 aromatic rings. The molecule has 0 radical (unpaired) electrons. The van der Waals surface area contributed by atoms with E-state index in [0.717, 1.165) is 6.42 Å². The molecule has 0 bridgehead atoms. The summed E-state index contributed by atoms with van der Waals surface area (Å²) in [6.07, 6.45) is 6.37. The van der Waals surface area contributed by atoms with Gasteiger partial charge in [-0.3, -0.25) is 4.99 Å². The van der Waals surface area contributed by atoms with Crippen LogP contribution in [0.15, 0.2) is 17.3 Å². The van der Waals surface area contributed by atoms with Gasteiger partial charge in [-0.25, -0.2) is 0 Å². The molecule has 1 atom stereocenters. The third-order valence-corrected chi connectivity index (χ3v) is 1.76. The zero-order valence-corrected chi connectivity index (χ0v) is 6.91. The van der Waals surface area contributed by atoms with Crippen LogP contribution in [0.3, 0.4) is 0 Å². The Hall–Kier alpha value is -0.670. The van der Waals surface area contributed by atoms with Crippen molar-refractivity contribution in [3.8, 4) is 0 Å². The summed E-state index contributed by atoms with van der Waals surface area (Å²) in [6, 6.07) is 0. The molecule has 11 heavy (non-hydrogen) atoms. The van der Waals surface area contributed by atoms with Crippen molar-refractivity contribution in [2.75, 3.05) is 20.8 Å². The van der Waals surface area contributed by atoms with Gasteiger partial charge in [0.05, 0.1) is 6.61 Å². The minimum absolute atomic E-state index is 0.330. The number of hydrogen-bond acceptors (Lipinski definition) is 3. The average Bonchev–Trinajstić information content (AvgIpc) is 2.07. The number of aliphatic imine (C=N–C) groups is 1. The lowest BCUT2D eigenvalue weighted by atomic mass is 10.0. The van der Waals surface area contributed by atoms with Gasteiger partial charge < -0.3 is 9.47 Å². The van der Waals surface area contributed by atoms with E-state index in [1.54, 1.807) is 26.6 Å². The summed E-state index contributed by atoms with van der Waals surface area (Å²) in [5, 5.41) is 0. The lowest BCUT2D eigenvalue weighted by Gasteiger charge is -2.27. The molecule has 1 heterocycles. The van der Waals surface area contributed by atoms with E-state index in [4.69, 9.17) is 9.47 Å². The van der Waals surface area contributed by atoms with E-state index in [1.807, 2.05) is 6.08 Å². The van der Waals surface area contributed by atoms with Crippen LogP contribution in [0.2, 0.25) is 0 Å². The first-order chi connectivity index (χ1) is 5.33. The number of rotatable bonds is 3. The summed E-state index contributed by atoms with van der Waals surface area (Å²) in [7, 11) is 3.33. The van der Waals surface area contributed by atoms with Gasteiger partial charge in [-0.15, -0.1) is 0 Å². The molecular weight excluding hydrogens is 142 g/mol. The second kappa shape index (κ2) is 3.64. The highest BCUT2D eigenvalue weighted by molar-refractivity contribution is 5.71. The summed E-state index contributed by atoms with van der Waals surface area (Å²) < 4.78 is 10.3. The van der Waals surface area contributed by atoms with Crippen molar-refractivity contribution in [3.63, 3.8) is 0 Å². The fourth-order valence-electron chi connectivity index (χ4n) is 1.08. The molecule has 0 saturated heterocycles. The summed E-state index contributed by atoms with van der Waals surface area (Å²) in [5.41, 5.74) is -0.330. The van der Waals surface area contributed by atoms with Crippen LogP contribution in [-0.2, 0) is 9.47 Å². The van der Waals surface area contributed by atoms with E-state index in [-0.39, 0.29) is 5.60 Å². The first-order valence-corrected chi connectivity index (χ1v) is 3.56. The first kappa shape index (κ1) is 8.43. The fraction of sp³-hybridized carbons (Fsp3) is 0.625. The Bertz CT molecular complexity index is 177. The van der Waals surface area contributed by atoms with Gasteiger partial charge in [0.2, 0.25) is 0 Å². The second-order valence-corrected chi connectivity index (χ2v) is 2.57. The maximum atomic E-state index is 5.29. The van der Waals surface area contributed by atoms with Gasteiger partial charge in [-0.1, -0.05) is 6.08 Å². The van der Waals surface area contributed by atoms with E-state index >= 15 is 0 Å². The van der Waals surface area contributed by atoms with Gasteiger partial charge in [-0.2, -0.15) is 0 Å². The Labute approximate surface area is 66.7 Å². The Balaban J connectivity index is 2.60. The lowest BCUT2D eigenvalue weighted by Crippen LogP contribution is -2.38. The van der Waals surface area contributed by atoms with Crippen LogP contribution in [0.25, 0.3) is 0 Å². The molecule has 0 N–H and O–H groups in total. The van der Waals surface area contributed by atoms with Gasteiger partial charge in [0, 0.05) is 33.1 Å². The summed E-state index contributed by atoms with van der Waals surface area (Å²) in [4.78, 5) is 4.01. The molecule has 0 spiro atoms. The third-order valence-electron chi connectivity index (χ3n) is 1.76. The van der Waals surface area contributed by atoms with Crippen LogP contribution >= 0.6 is 0 Å². The van der Waals surface area contributed by atoms with Gasteiger partial charge in [0.15, 0.2) is 0 Å². The molecule has 0 amide bonds. The van der Waals surface area contributed by atoms with E-state index in [1.165, 1.54) is 0 Å². The monoisotopic (exact) mass is 155 g/mol. The first-order valence-electron chi connectivity index (χ1n) is 3.56. The van der Waals surface area contributed by atoms with Crippen molar-refractivity contribution in [3.05, 3.63) is 12.3 Å². The van der Waals surface area contributed by atoms with Gasteiger partial charge in [0.1, 0.15) is 5.60 Å². The average molecular weight is 155 g/mol. The van der Waals surface area contributed by atoms with E-state index in [9.17, 15) is 0 Å². The quantitative estimate of drug-likeness (QED) is 0.609.